The zero-order valence-electron chi connectivity index (χ0n) is 16.6. The molecule has 2 N–H and O–H groups in total. The van der Waals surface area contributed by atoms with Crippen molar-refractivity contribution >= 4 is 23.5 Å². The number of carboxylic acid groups (broad SMARTS) is 1. The zero-order chi connectivity index (χ0) is 20.2. The molecule has 1 atom stereocenters. The lowest BCUT2D eigenvalue weighted by Gasteiger charge is -2.56. The van der Waals surface area contributed by atoms with Crippen molar-refractivity contribution in [2.45, 2.75) is 57.4 Å². The van der Waals surface area contributed by atoms with E-state index in [0.717, 1.165) is 25.7 Å². The lowest BCUT2D eigenvalue weighted by Crippen LogP contribution is -2.56. The van der Waals surface area contributed by atoms with E-state index < -0.39 is 12.0 Å². The van der Waals surface area contributed by atoms with Gasteiger partial charge < -0.3 is 15.3 Å². The van der Waals surface area contributed by atoms with Gasteiger partial charge in [0.1, 0.15) is 6.04 Å². The Morgan fingerprint density at radius 1 is 0.966 bits per heavy atom. The molecule has 0 spiro atoms. The Hall–Kier alpha value is -2.37. The summed E-state index contributed by atoms with van der Waals surface area (Å²) >= 11 is 0. The standard InChI is InChI=1S/C23H28N2O4/c26-20(24-18-5-3-17(4-6-18)21(27)28)19-2-1-7-25(19)22(29)23-11-14-8-15(12-23)10-16(9-14)13-23/h3-6,14-16,19H,1-2,7-13H2,(H,24,26)(H,27,28). The number of nitrogens with one attached hydrogen (secondary N) is 1. The average Bonchev–Trinajstić information content (AvgIpc) is 3.16. The number of benzene rings is 1. The second kappa shape index (κ2) is 6.85. The molecule has 5 aliphatic rings. The third kappa shape index (κ3) is 3.22. The highest BCUT2D eigenvalue weighted by atomic mass is 16.4. The number of carboxylic acids is 1. The van der Waals surface area contributed by atoms with Crippen molar-refractivity contribution in [2.75, 3.05) is 11.9 Å². The smallest absolute Gasteiger partial charge is 0.335 e. The summed E-state index contributed by atoms with van der Waals surface area (Å²) in [7, 11) is 0. The molecular weight excluding hydrogens is 368 g/mol. The molecular formula is C23H28N2O4. The maximum Gasteiger partial charge on any atom is 0.335 e. The number of hydrogen-bond acceptors (Lipinski definition) is 3. The normalized spacial score (nSPS) is 35.0. The molecule has 6 heteroatoms. The summed E-state index contributed by atoms with van der Waals surface area (Å²) in [4.78, 5) is 39.5. The van der Waals surface area contributed by atoms with Crippen molar-refractivity contribution in [1.29, 1.82) is 0 Å². The summed E-state index contributed by atoms with van der Waals surface area (Å²) in [5, 5.41) is 11.9. The van der Waals surface area contributed by atoms with E-state index in [0.29, 0.717) is 36.4 Å². The second-order valence-corrected chi connectivity index (χ2v) is 9.73. The summed E-state index contributed by atoms with van der Waals surface area (Å²) in [6, 6.07) is 5.73. The van der Waals surface area contributed by atoms with Gasteiger partial charge in [0.25, 0.3) is 0 Å². The van der Waals surface area contributed by atoms with Crippen LogP contribution in [0.1, 0.15) is 61.7 Å². The lowest BCUT2D eigenvalue weighted by atomic mass is 9.49. The molecule has 154 valence electrons. The van der Waals surface area contributed by atoms with Crippen LogP contribution in [-0.2, 0) is 9.59 Å². The first-order valence-corrected chi connectivity index (χ1v) is 10.9. The van der Waals surface area contributed by atoms with Crippen molar-refractivity contribution < 1.29 is 19.5 Å². The second-order valence-electron chi connectivity index (χ2n) is 9.73. The van der Waals surface area contributed by atoms with Gasteiger partial charge in [-0.2, -0.15) is 0 Å². The van der Waals surface area contributed by atoms with Gasteiger partial charge in [-0.15, -0.1) is 0 Å². The van der Waals surface area contributed by atoms with Crippen LogP contribution in [0.2, 0.25) is 0 Å². The molecule has 0 radical (unpaired) electrons. The van der Waals surface area contributed by atoms with Gasteiger partial charge in [-0.1, -0.05) is 0 Å². The van der Waals surface area contributed by atoms with Crippen molar-refractivity contribution in [2.24, 2.45) is 23.2 Å². The van der Waals surface area contributed by atoms with Crippen LogP contribution in [0.4, 0.5) is 5.69 Å². The first kappa shape index (κ1) is 18.6. The Balaban J connectivity index is 1.30. The number of rotatable bonds is 4. The molecule has 1 aromatic carbocycles. The van der Waals surface area contributed by atoms with Gasteiger partial charge in [-0.3, -0.25) is 9.59 Å². The Morgan fingerprint density at radius 3 is 2.10 bits per heavy atom. The summed E-state index contributed by atoms with van der Waals surface area (Å²) in [6.07, 6.45) is 8.47. The summed E-state index contributed by atoms with van der Waals surface area (Å²) < 4.78 is 0. The molecule has 29 heavy (non-hydrogen) atoms. The molecule has 0 aromatic heterocycles. The maximum atomic E-state index is 13.7. The van der Waals surface area contributed by atoms with Crippen molar-refractivity contribution in [1.82, 2.24) is 4.90 Å². The first-order chi connectivity index (χ1) is 13.9. The molecule has 4 saturated carbocycles. The number of amides is 2. The number of likely N-dealkylation sites (tertiary alicyclic amines) is 1. The number of anilines is 1. The zero-order valence-corrected chi connectivity index (χ0v) is 16.6. The van der Waals surface area contributed by atoms with Gasteiger partial charge in [0, 0.05) is 12.2 Å². The van der Waals surface area contributed by atoms with Gasteiger partial charge in [0.2, 0.25) is 11.8 Å². The minimum absolute atomic E-state index is 0.163. The van der Waals surface area contributed by atoms with Crippen LogP contribution in [0.25, 0.3) is 0 Å². The largest absolute Gasteiger partial charge is 0.478 e. The van der Waals surface area contributed by atoms with E-state index >= 15 is 0 Å². The van der Waals surface area contributed by atoms with E-state index in [9.17, 15) is 14.4 Å². The monoisotopic (exact) mass is 396 g/mol. The number of hydrogen-bond donors (Lipinski definition) is 2. The molecule has 6 rings (SSSR count). The number of aromatic carboxylic acids is 1. The highest BCUT2D eigenvalue weighted by Crippen LogP contribution is 2.60. The molecule has 6 nitrogen and oxygen atoms in total. The molecule has 4 bridgehead atoms. The third-order valence-corrected chi connectivity index (χ3v) is 7.71. The van der Waals surface area contributed by atoms with E-state index in [1.165, 1.54) is 31.4 Å². The summed E-state index contributed by atoms with van der Waals surface area (Å²) in [5.41, 5.74) is 0.525. The van der Waals surface area contributed by atoms with Crippen LogP contribution < -0.4 is 5.32 Å². The maximum absolute atomic E-state index is 13.7. The average molecular weight is 396 g/mol. The quantitative estimate of drug-likeness (QED) is 0.815. The highest BCUT2D eigenvalue weighted by molar-refractivity contribution is 5.98. The summed E-state index contributed by atoms with van der Waals surface area (Å²) in [6.45, 7) is 0.663. The first-order valence-electron chi connectivity index (χ1n) is 10.9. The molecule has 2 amide bonds. The number of carbonyl (C=O) groups excluding carboxylic acids is 2. The van der Waals surface area contributed by atoms with Crippen LogP contribution in [0.5, 0.6) is 0 Å². The van der Waals surface area contributed by atoms with Crippen LogP contribution in [0, 0.1) is 23.2 Å². The fourth-order valence-corrected chi connectivity index (χ4v) is 6.88. The van der Waals surface area contributed by atoms with Crippen LogP contribution >= 0.6 is 0 Å². The number of carbonyl (C=O) groups is 3. The van der Waals surface area contributed by atoms with Gasteiger partial charge in [0.15, 0.2) is 0 Å². The van der Waals surface area contributed by atoms with Gasteiger partial charge in [0.05, 0.1) is 11.0 Å². The SMILES string of the molecule is O=C(O)c1ccc(NC(=O)C2CCCN2C(=O)C23CC4CC(CC(C4)C2)C3)cc1. The van der Waals surface area contributed by atoms with E-state index in [1.54, 1.807) is 12.1 Å². The van der Waals surface area contributed by atoms with E-state index in [4.69, 9.17) is 5.11 Å². The molecule has 1 aliphatic heterocycles. The van der Waals surface area contributed by atoms with E-state index in [-0.39, 0.29) is 22.8 Å². The Bertz CT molecular complexity index is 812. The van der Waals surface area contributed by atoms with E-state index in [1.807, 2.05) is 4.90 Å². The third-order valence-electron chi connectivity index (χ3n) is 7.71. The van der Waals surface area contributed by atoms with Crippen molar-refractivity contribution in [3.8, 4) is 0 Å². The topological polar surface area (TPSA) is 86.7 Å². The van der Waals surface area contributed by atoms with Gasteiger partial charge >= 0.3 is 5.97 Å². The molecule has 1 aromatic rings. The fourth-order valence-electron chi connectivity index (χ4n) is 6.88. The highest BCUT2D eigenvalue weighted by Gasteiger charge is 2.56. The van der Waals surface area contributed by atoms with Crippen LogP contribution in [-0.4, -0.2) is 40.4 Å². The number of nitrogens with zero attached hydrogens (tertiary/aromatic N) is 1. The van der Waals surface area contributed by atoms with Crippen molar-refractivity contribution in [3.63, 3.8) is 0 Å². The minimum atomic E-state index is -0.994. The molecule has 1 unspecified atom stereocenters. The predicted molar refractivity (Wildman–Crippen MR) is 107 cm³/mol. The van der Waals surface area contributed by atoms with Crippen LogP contribution in [0.3, 0.4) is 0 Å². The Morgan fingerprint density at radius 2 is 1.55 bits per heavy atom. The van der Waals surface area contributed by atoms with Gasteiger partial charge in [-0.05, 0) is 93.4 Å². The Kier molecular flexibility index (Phi) is 4.41. The summed E-state index contributed by atoms with van der Waals surface area (Å²) in [5.74, 6) is 1.17. The van der Waals surface area contributed by atoms with Crippen LogP contribution in [0.15, 0.2) is 24.3 Å². The minimum Gasteiger partial charge on any atom is -0.478 e. The van der Waals surface area contributed by atoms with E-state index in [2.05, 4.69) is 5.32 Å². The molecule has 1 saturated heterocycles. The fraction of sp³-hybridized carbons (Fsp3) is 0.609. The molecule has 1 heterocycles. The molecule has 4 aliphatic carbocycles. The van der Waals surface area contributed by atoms with Crippen molar-refractivity contribution in [3.05, 3.63) is 29.8 Å². The Labute approximate surface area is 170 Å². The lowest BCUT2D eigenvalue weighted by molar-refractivity contribution is -0.160. The molecule has 5 fully saturated rings. The van der Waals surface area contributed by atoms with Gasteiger partial charge in [-0.25, -0.2) is 4.79 Å². The predicted octanol–water partition coefficient (Wildman–Crippen LogP) is 3.53.